The number of hydrogen-bond donors (Lipinski definition) is 3. The fourth-order valence-electron chi connectivity index (χ4n) is 2.39. The van der Waals surface area contributed by atoms with Crippen LogP contribution in [0, 0.1) is 0 Å². The zero-order valence-electron chi connectivity index (χ0n) is 12.6. The normalized spacial score (nSPS) is 12.3. The van der Waals surface area contributed by atoms with Crippen molar-refractivity contribution in [2.75, 3.05) is 26.2 Å². The van der Waals surface area contributed by atoms with Crippen molar-refractivity contribution in [3.63, 3.8) is 0 Å². The van der Waals surface area contributed by atoms with E-state index in [1.54, 1.807) is 0 Å². The van der Waals surface area contributed by atoms with Crippen molar-refractivity contribution in [2.24, 2.45) is 0 Å². The number of halogens is 1. The Balaban J connectivity index is 1.97. The molecule has 22 heavy (non-hydrogen) atoms. The molecule has 3 nitrogen and oxygen atoms in total. The average Bonchev–Trinajstić information content (AvgIpc) is 2.56. The maximum absolute atomic E-state index is 8.78. The highest BCUT2D eigenvalue weighted by atomic mass is 35.5. The Labute approximate surface area is 137 Å². The fourth-order valence-corrected chi connectivity index (χ4v) is 2.51. The van der Waals surface area contributed by atoms with Gasteiger partial charge in [-0.25, -0.2) is 0 Å². The maximum atomic E-state index is 8.78. The second-order valence-electron chi connectivity index (χ2n) is 5.22. The molecule has 2 aromatic rings. The van der Waals surface area contributed by atoms with Crippen LogP contribution < -0.4 is 10.6 Å². The van der Waals surface area contributed by atoms with Crippen LogP contribution >= 0.6 is 11.6 Å². The summed E-state index contributed by atoms with van der Waals surface area (Å²) in [5, 5.41) is 16.3. The van der Waals surface area contributed by atoms with E-state index < -0.39 is 0 Å². The van der Waals surface area contributed by atoms with Gasteiger partial charge in [-0.3, -0.25) is 0 Å². The summed E-state index contributed by atoms with van der Waals surface area (Å²) in [6, 6.07) is 18.7. The van der Waals surface area contributed by atoms with E-state index in [0.29, 0.717) is 6.54 Å². The zero-order chi connectivity index (χ0) is 15.6. The summed E-state index contributed by atoms with van der Waals surface area (Å²) in [4.78, 5) is 0. The van der Waals surface area contributed by atoms with Crippen LogP contribution in [0.25, 0.3) is 0 Å². The van der Waals surface area contributed by atoms with E-state index >= 15 is 0 Å². The lowest BCUT2D eigenvalue weighted by Gasteiger charge is -2.20. The summed E-state index contributed by atoms with van der Waals surface area (Å²) in [6.45, 7) is 2.50. The van der Waals surface area contributed by atoms with E-state index in [1.807, 2.05) is 18.2 Å². The molecule has 2 aromatic carbocycles. The topological polar surface area (TPSA) is 44.3 Å². The van der Waals surface area contributed by atoms with Gasteiger partial charge in [-0.15, -0.1) is 0 Å². The summed E-state index contributed by atoms with van der Waals surface area (Å²) in [5.41, 5.74) is 2.54. The SMILES string of the molecule is OCCNCCNC(Cc1ccc(Cl)cc1)c1ccccc1. The van der Waals surface area contributed by atoms with E-state index in [-0.39, 0.29) is 12.6 Å². The first-order chi connectivity index (χ1) is 10.8. The predicted octanol–water partition coefficient (Wildman–Crippen LogP) is 2.80. The van der Waals surface area contributed by atoms with Gasteiger partial charge in [-0.2, -0.15) is 0 Å². The Hall–Kier alpha value is -1.39. The highest BCUT2D eigenvalue weighted by molar-refractivity contribution is 6.30. The van der Waals surface area contributed by atoms with Crippen LogP contribution in [0.4, 0.5) is 0 Å². The molecule has 0 amide bonds. The van der Waals surface area contributed by atoms with Gasteiger partial charge in [-0.1, -0.05) is 54.1 Å². The smallest absolute Gasteiger partial charge is 0.0555 e. The molecule has 0 heterocycles. The van der Waals surface area contributed by atoms with Gasteiger partial charge in [0.2, 0.25) is 0 Å². The summed E-state index contributed by atoms with van der Waals surface area (Å²) in [5.74, 6) is 0. The molecule has 0 aliphatic heterocycles. The van der Waals surface area contributed by atoms with Crippen LogP contribution in [0.3, 0.4) is 0 Å². The third-order valence-corrected chi connectivity index (χ3v) is 3.79. The molecule has 0 spiro atoms. The number of benzene rings is 2. The highest BCUT2D eigenvalue weighted by Gasteiger charge is 2.11. The number of rotatable bonds is 9. The van der Waals surface area contributed by atoms with Gasteiger partial charge in [0.25, 0.3) is 0 Å². The van der Waals surface area contributed by atoms with Gasteiger partial charge in [0.15, 0.2) is 0 Å². The summed E-state index contributed by atoms with van der Waals surface area (Å²) in [7, 11) is 0. The first-order valence-electron chi connectivity index (χ1n) is 7.64. The molecule has 2 rings (SSSR count). The van der Waals surface area contributed by atoms with E-state index in [0.717, 1.165) is 24.5 Å². The molecule has 118 valence electrons. The monoisotopic (exact) mass is 318 g/mol. The maximum Gasteiger partial charge on any atom is 0.0555 e. The Morgan fingerprint density at radius 2 is 1.64 bits per heavy atom. The molecule has 0 aliphatic rings. The highest BCUT2D eigenvalue weighted by Crippen LogP contribution is 2.19. The molecule has 0 saturated carbocycles. The lowest BCUT2D eigenvalue weighted by Crippen LogP contribution is -2.32. The quantitative estimate of drug-likeness (QED) is 0.623. The molecule has 3 N–H and O–H groups in total. The first-order valence-corrected chi connectivity index (χ1v) is 8.02. The lowest BCUT2D eigenvalue weighted by atomic mass is 9.99. The number of aliphatic hydroxyl groups excluding tert-OH is 1. The lowest BCUT2D eigenvalue weighted by molar-refractivity contribution is 0.292. The Morgan fingerprint density at radius 3 is 2.32 bits per heavy atom. The molecular formula is C18H23ClN2O. The van der Waals surface area contributed by atoms with Gasteiger partial charge in [0.05, 0.1) is 6.61 Å². The van der Waals surface area contributed by atoms with Crippen molar-refractivity contribution < 1.29 is 5.11 Å². The van der Waals surface area contributed by atoms with Crippen LogP contribution in [0.5, 0.6) is 0 Å². The van der Waals surface area contributed by atoms with Gasteiger partial charge in [-0.05, 0) is 29.7 Å². The van der Waals surface area contributed by atoms with E-state index in [2.05, 4.69) is 47.0 Å². The van der Waals surface area contributed by atoms with Crippen LogP contribution in [0.2, 0.25) is 5.02 Å². The largest absolute Gasteiger partial charge is 0.395 e. The van der Waals surface area contributed by atoms with Crippen molar-refractivity contribution in [1.29, 1.82) is 0 Å². The standard InChI is InChI=1S/C18H23ClN2O/c19-17-8-6-15(7-9-17)14-18(16-4-2-1-3-5-16)21-11-10-20-12-13-22/h1-9,18,20-22H,10-14H2. The second-order valence-corrected chi connectivity index (χ2v) is 5.66. The van der Waals surface area contributed by atoms with Crippen molar-refractivity contribution in [2.45, 2.75) is 12.5 Å². The van der Waals surface area contributed by atoms with Gasteiger partial charge < -0.3 is 15.7 Å². The molecule has 0 radical (unpaired) electrons. The molecular weight excluding hydrogens is 296 g/mol. The van der Waals surface area contributed by atoms with Crippen LogP contribution in [-0.2, 0) is 6.42 Å². The predicted molar refractivity (Wildman–Crippen MR) is 92.3 cm³/mol. The fraction of sp³-hybridized carbons (Fsp3) is 0.333. The van der Waals surface area contributed by atoms with Crippen LogP contribution in [0.15, 0.2) is 54.6 Å². The summed E-state index contributed by atoms with van der Waals surface area (Å²) >= 11 is 5.95. The first kappa shape index (κ1) is 17.0. The van der Waals surface area contributed by atoms with Crippen molar-refractivity contribution >= 4 is 11.6 Å². The molecule has 1 atom stereocenters. The van der Waals surface area contributed by atoms with E-state index in [1.165, 1.54) is 11.1 Å². The van der Waals surface area contributed by atoms with Gasteiger partial charge >= 0.3 is 0 Å². The van der Waals surface area contributed by atoms with Gasteiger partial charge in [0.1, 0.15) is 0 Å². The van der Waals surface area contributed by atoms with Crippen molar-refractivity contribution in [1.82, 2.24) is 10.6 Å². The minimum absolute atomic E-state index is 0.174. The van der Waals surface area contributed by atoms with Crippen LogP contribution in [-0.4, -0.2) is 31.3 Å². The molecule has 0 aromatic heterocycles. The molecule has 0 saturated heterocycles. The summed E-state index contributed by atoms with van der Waals surface area (Å²) in [6.07, 6.45) is 0.918. The Bertz CT molecular complexity index is 531. The molecule has 1 unspecified atom stereocenters. The Morgan fingerprint density at radius 1 is 0.909 bits per heavy atom. The average molecular weight is 319 g/mol. The molecule has 0 aliphatic carbocycles. The Kier molecular flexibility index (Phi) is 7.40. The molecule has 0 fully saturated rings. The third kappa shape index (κ3) is 5.78. The van der Waals surface area contributed by atoms with Crippen molar-refractivity contribution in [3.05, 3.63) is 70.7 Å². The molecule has 0 bridgehead atoms. The van der Waals surface area contributed by atoms with E-state index in [9.17, 15) is 0 Å². The summed E-state index contributed by atoms with van der Waals surface area (Å²) < 4.78 is 0. The van der Waals surface area contributed by atoms with Crippen molar-refractivity contribution in [3.8, 4) is 0 Å². The minimum Gasteiger partial charge on any atom is -0.395 e. The number of nitrogens with one attached hydrogen (secondary N) is 2. The number of aliphatic hydroxyl groups is 1. The second kappa shape index (κ2) is 9.59. The van der Waals surface area contributed by atoms with E-state index in [4.69, 9.17) is 16.7 Å². The minimum atomic E-state index is 0.174. The zero-order valence-corrected chi connectivity index (χ0v) is 13.4. The number of hydrogen-bond acceptors (Lipinski definition) is 3. The third-order valence-electron chi connectivity index (χ3n) is 3.54. The van der Waals surface area contributed by atoms with Crippen LogP contribution in [0.1, 0.15) is 17.2 Å². The van der Waals surface area contributed by atoms with Gasteiger partial charge in [0, 0.05) is 30.7 Å². The molecule has 4 heteroatoms.